The number of amides is 1. The van der Waals surface area contributed by atoms with Crippen LogP contribution in [-0.2, 0) is 9.53 Å². The molecule has 1 radical (unpaired) electrons. The van der Waals surface area contributed by atoms with Gasteiger partial charge in [-0.3, -0.25) is 4.79 Å². The second kappa shape index (κ2) is 4.82. The molecule has 1 amide bonds. The number of rotatable bonds is 3. The minimum atomic E-state index is -0.477. The maximum absolute atomic E-state index is 11.3. The topological polar surface area (TPSA) is 38.3 Å². The summed E-state index contributed by atoms with van der Waals surface area (Å²) >= 11 is 0. The van der Waals surface area contributed by atoms with Crippen LogP contribution in [0, 0.1) is 6.42 Å². The Morgan fingerprint density at radius 3 is 2.92 bits per heavy atom. The third-order valence-corrected chi connectivity index (χ3v) is 1.94. The summed E-state index contributed by atoms with van der Waals surface area (Å²) in [5, 5.41) is 2.56. The molecule has 13 heavy (non-hydrogen) atoms. The van der Waals surface area contributed by atoms with E-state index < -0.39 is 6.10 Å². The van der Waals surface area contributed by atoms with Crippen molar-refractivity contribution in [2.75, 3.05) is 14.2 Å². The summed E-state index contributed by atoms with van der Waals surface area (Å²) in [5.41, 5.74) is 0.921. The van der Waals surface area contributed by atoms with Crippen molar-refractivity contribution in [2.24, 2.45) is 0 Å². The molecule has 1 unspecified atom stereocenters. The number of hydrogen-bond acceptors (Lipinski definition) is 2. The Bertz CT molecular complexity index is 243. The van der Waals surface area contributed by atoms with Crippen LogP contribution < -0.4 is 5.32 Å². The zero-order chi connectivity index (χ0) is 9.68. The number of allylic oxidation sites excluding steroid dienone is 3. The summed E-state index contributed by atoms with van der Waals surface area (Å²) in [7, 11) is 3.14. The molecule has 0 bridgehead atoms. The molecule has 1 atom stereocenters. The van der Waals surface area contributed by atoms with Gasteiger partial charge in [0.05, 0.1) is 0 Å². The molecule has 0 heterocycles. The first kappa shape index (κ1) is 9.99. The lowest BCUT2D eigenvalue weighted by molar-refractivity contribution is -0.128. The van der Waals surface area contributed by atoms with E-state index in [0.29, 0.717) is 0 Å². The number of methoxy groups -OCH3 is 1. The van der Waals surface area contributed by atoms with Crippen LogP contribution in [0.2, 0.25) is 0 Å². The van der Waals surface area contributed by atoms with Crippen LogP contribution in [0.1, 0.15) is 6.42 Å². The van der Waals surface area contributed by atoms with Crippen molar-refractivity contribution in [3.05, 3.63) is 30.2 Å². The van der Waals surface area contributed by atoms with Gasteiger partial charge in [0.2, 0.25) is 0 Å². The zero-order valence-corrected chi connectivity index (χ0v) is 7.91. The number of carbonyl (C=O) groups is 1. The third kappa shape index (κ3) is 2.42. The minimum Gasteiger partial charge on any atom is -0.367 e. The lowest BCUT2D eigenvalue weighted by atomic mass is 9.99. The summed E-state index contributed by atoms with van der Waals surface area (Å²) in [6.45, 7) is 0. The molecule has 0 fully saturated rings. The molecule has 3 heteroatoms. The highest BCUT2D eigenvalue weighted by Gasteiger charge is 2.21. The highest BCUT2D eigenvalue weighted by Crippen LogP contribution is 2.16. The van der Waals surface area contributed by atoms with Gasteiger partial charge in [0, 0.05) is 14.2 Å². The smallest absolute Gasteiger partial charge is 0.253 e. The predicted octanol–water partition coefficient (Wildman–Crippen LogP) is 0.838. The monoisotopic (exact) mass is 180 g/mol. The highest BCUT2D eigenvalue weighted by molar-refractivity contribution is 5.84. The molecule has 0 aliphatic heterocycles. The van der Waals surface area contributed by atoms with Crippen LogP contribution in [0.5, 0.6) is 0 Å². The maximum Gasteiger partial charge on any atom is 0.253 e. The fourth-order valence-corrected chi connectivity index (χ4v) is 1.25. The first-order valence-electron chi connectivity index (χ1n) is 4.24. The second-order valence-electron chi connectivity index (χ2n) is 2.76. The standard InChI is InChI=1S/C10H14NO2/c1-11-10(12)9(13-2)8-6-4-3-5-7-8/h3-4,6-7,9H,5H2,1-2H3,(H,11,12). The van der Waals surface area contributed by atoms with Crippen molar-refractivity contribution in [1.82, 2.24) is 5.32 Å². The van der Waals surface area contributed by atoms with Gasteiger partial charge < -0.3 is 10.1 Å². The van der Waals surface area contributed by atoms with E-state index in [1.807, 2.05) is 24.6 Å². The number of likely N-dealkylation sites (N-methyl/N-ethyl adjacent to an activating group) is 1. The van der Waals surface area contributed by atoms with Gasteiger partial charge >= 0.3 is 0 Å². The van der Waals surface area contributed by atoms with Gasteiger partial charge in [-0.2, -0.15) is 0 Å². The van der Waals surface area contributed by atoms with E-state index in [1.54, 1.807) is 7.05 Å². The van der Waals surface area contributed by atoms with Crippen molar-refractivity contribution >= 4 is 5.91 Å². The molecule has 1 aliphatic rings. The maximum atomic E-state index is 11.3. The first-order valence-corrected chi connectivity index (χ1v) is 4.24. The quantitative estimate of drug-likeness (QED) is 0.699. The number of nitrogens with one attached hydrogen (secondary N) is 1. The van der Waals surface area contributed by atoms with Crippen molar-refractivity contribution in [2.45, 2.75) is 12.5 Å². The average Bonchev–Trinajstić information content (AvgIpc) is 2.20. The molecule has 0 spiro atoms. The summed E-state index contributed by atoms with van der Waals surface area (Å²) in [4.78, 5) is 11.3. The molecule has 0 aromatic carbocycles. The van der Waals surface area contributed by atoms with Crippen molar-refractivity contribution in [3.8, 4) is 0 Å². The summed E-state index contributed by atoms with van der Waals surface area (Å²) < 4.78 is 5.10. The fourth-order valence-electron chi connectivity index (χ4n) is 1.25. The van der Waals surface area contributed by atoms with Crippen molar-refractivity contribution in [3.63, 3.8) is 0 Å². The van der Waals surface area contributed by atoms with E-state index in [4.69, 9.17) is 4.74 Å². The van der Waals surface area contributed by atoms with Crippen LogP contribution in [-0.4, -0.2) is 26.2 Å². The summed E-state index contributed by atoms with van der Waals surface area (Å²) in [6.07, 6.45) is 8.23. The molecule has 3 nitrogen and oxygen atoms in total. The van der Waals surface area contributed by atoms with Gasteiger partial charge in [0.25, 0.3) is 5.91 Å². The Balaban J connectivity index is 2.70. The minimum absolute atomic E-state index is 0.111. The SMILES string of the molecule is CNC(=O)C(OC)C1=CC=CC[CH]1. The van der Waals surface area contributed by atoms with Crippen molar-refractivity contribution < 1.29 is 9.53 Å². The molecule has 1 aliphatic carbocycles. The Kier molecular flexibility index (Phi) is 3.71. The molecule has 1 N–H and O–H groups in total. The third-order valence-electron chi connectivity index (χ3n) is 1.94. The lowest BCUT2D eigenvalue weighted by Crippen LogP contribution is -2.35. The van der Waals surface area contributed by atoms with Gasteiger partial charge in [0.15, 0.2) is 6.10 Å². The second-order valence-corrected chi connectivity index (χ2v) is 2.76. The van der Waals surface area contributed by atoms with Crippen molar-refractivity contribution in [1.29, 1.82) is 0 Å². The largest absolute Gasteiger partial charge is 0.367 e. The van der Waals surface area contributed by atoms with Crippen LogP contribution in [0.15, 0.2) is 23.8 Å². The van der Waals surface area contributed by atoms with Gasteiger partial charge in [0.1, 0.15) is 0 Å². The Morgan fingerprint density at radius 1 is 1.69 bits per heavy atom. The molecule has 0 aromatic heterocycles. The molecule has 0 saturated carbocycles. The number of hydrogen-bond donors (Lipinski definition) is 1. The van der Waals surface area contributed by atoms with Crippen LogP contribution in [0.3, 0.4) is 0 Å². The normalized spacial score (nSPS) is 17.8. The van der Waals surface area contributed by atoms with Gasteiger partial charge in [-0.25, -0.2) is 0 Å². The van der Waals surface area contributed by atoms with E-state index in [0.717, 1.165) is 12.0 Å². The van der Waals surface area contributed by atoms with E-state index in [1.165, 1.54) is 7.11 Å². The van der Waals surface area contributed by atoms with Crippen LogP contribution in [0.25, 0.3) is 0 Å². The highest BCUT2D eigenvalue weighted by atomic mass is 16.5. The summed E-state index contributed by atoms with van der Waals surface area (Å²) in [5.74, 6) is -0.111. The van der Waals surface area contributed by atoms with Crippen LogP contribution >= 0.6 is 0 Å². The lowest BCUT2D eigenvalue weighted by Gasteiger charge is -2.18. The Morgan fingerprint density at radius 2 is 2.46 bits per heavy atom. The van der Waals surface area contributed by atoms with Crippen LogP contribution in [0.4, 0.5) is 0 Å². The zero-order valence-electron chi connectivity index (χ0n) is 7.91. The number of ether oxygens (including phenoxy) is 1. The van der Waals surface area contributed by atoms with E-state index in [9.17, 15) is 4.79 Å². The Labute approximate surface area is 78.5 Å². The summed E-state index contributed by atoms with van der Waals surface area (Å²) in [6, 6.07) is 0. The average molecular weight is 180 g/mol. The molecular weight excluding hydrogens is 166 g/mol. The molecule has 0 aromatic rings. The molecule has 1 rings (SSSR count). The number of carbonyl (C=O) groups excluding carboxylic acids is 1. The van der Waals surface area contributed by atoms with E-state index in [2.05, 4.69) is 5.32 Å². The van der Waals surface area contributed by atoms with E-state index >= 15 is 0 Å². The fraction of sp³-hybridized carbons (Fsp3) is 0.400. The van der Waals surface area contributed by atoms with Gasteiger partial charge in [-0.15, -0.1) is 0 Å². The van der Waals surface area contributed by atoms with E-state index in [-0.39, 0.29) is 5.91 Å². The molecule has 0 saturated heterocycles. The predicted molar refractivity (Wildman–Crippen MR) is 51.0 cm³/mol. The molecule has 71 valence electrons. The van der Waals surface area contributed by atoms with Gasteiger partial charge in [-0.1, -0.05) is 18.2 Å². The first-order chi connectivity index (χ1) is 6.29. The van der Waals surface area contributed by atoms with Gasteiger partial charge in [-0.05, 0) is 18.4 Å². The molecular formula is C10H14NO2. The Hall–Kier alpha value is -1.09.